The van der Waals surface area contributed by atoms with E-state index < -0.39 is 11.7 Å². The lowest BCUT2D eigenvalue weighted by atomic mass is 10.0. The second-order valence-corrected chi connectivity index (χ2v) is 8.52. The minimum atomic E-state index is -4.51. The Morgan fingerprint density at radius 1 is 1.29 bits per heavy atom. The highest BCUT2D eigenvalue weighted by Crippen LogP contribution is 2.37. The van der Waals surface area contributed by atoms with Gasteiger partial charge in [0.15, 0.2) is 5.82 Å². The number of nitriles is 1. The first-order valence-electron chi connectivity index (χ1n) is 10.8. The van der Waals surface area contributed by atoms with E-state index in [4.69, 9.17) is 5.73 Å². The van der Waals surface area contributed by atoms with Gasteiger partial charge in [-0.2, -0.15) is 18.4 Å². The number of fused-ring (bicyclic) bond motifs is 3. The van der Waals surface area contributed by atoms with Crippen molar-refractivity contribution in [3.8, 4) is 6.07 Å². The molecule has 5 rings (SSSR count). The number of hydrogen-bond acceptors (Lipinski definition) is 7. The van der Waals surface area contributed by atoms with E-state index in [0.717, 1.165) is 25.1 Å². The minimum absolute atomic E-state index is 0.0397. The second-order valence-electron chi connectivity index (χ2n) is 8.52. The summed E-state index contributed by atoms with van der Waals surface area (Å²) in [6.07, 6.45) is -0.474. The first-order chi connectivity index (χ1) is 16.7. The Balaban J connectivity index is 1.49. The van der Waals surface area contributed by atoms with Gasteiger partial charge in [-0.05, 0) is 49.1 Å². The van der Waals surface area contributed by atoms with Crippen LogP contribution in [0, 0.1) is 23.2 Å². The molecule has 178 valence electrons. The molecule has 1 unspecified atom stereocenters. The van der Waals surface area contributed by atoms with Gasteiger partial charge in [0.1, 0.15) is 6.33 Å². The maximum atomic E-state index is 13.6. The quantitative estimate of drug-likeness (QED) is 0.448. The molecule has 0 bridgehead atoms. The molecule has 3 heterocycles. The summed E-state index contributed by atoms with van der Waals surface area (Å²) < 4.78 is 40.4. The molecule has 3 aromatic heterocycles. The molecule has 2 N–H and O–H groups in total. The van der Waals surface area contributed by atoms with Crippen molar-refractivity contribution in [2.45, 2.75) is 25.6 Å². The highest BCUT2D eigenvalue weighted by atomic mass is 19.4. The maximum absolute atomic E-state index is 13.6. The van der Waals surface area contributed by atoms with Crippen molar-refractivity contribution >= 4 is 28.4 Å². The number of carbonyl (C=O) groups is 1. The number of rotatable bonds is 6. The van der Waals surface area contributed by atoms with Crippen LogP contribution < -0.4 is 5.73 Å². The molecule has 1 aromatic carbocycles. The van der Waals surface area contributed by atoms with Gasteiger partial charge in [0, 0.05) is 18.3 Å². The topological polar surface area (TPSA) is 126 Å². The summed E-state index contributed by atoms with van der Waals surface area (Å²) in [5.41, 5.74) is 7.12. The van der Waals surface area contributed by atoms with E-state index in [9.17, 15) is 23.2 Å². The standard InChI is InChI=1S/C23H19F3N8O/c24-23(25,26)16-4-5-17(29-9-16)11-33(10-15(8-27)13-1-2-13)22(35)14-3-6-18-19(7-14)34-12-30-32-21(34)20(28)31-18/h3-7,9,12-13,15H,1-2,10-11H2,(H2,28,31). The molecule has 4 aromatic rings. The van der Waals surface area contributed by atoms with E-state index in [-0.39, 0.29) is 42.3 Å². The van der Waals surface area contributed by atoms with Crippen LogP contribution in [-0.4, -0.2) is 41.9 Å². The first kappa shape index (κ1) is 22.5. The zero-order chi connectivity index (χ0) is 24.7. The molecule has 1 fully saturated rings. The van der Waals surface area contributed by atoms with Crippen molar-refractivity contribution in [1.82, 2.24) is 29.5 Å². The molecule has 12 heteroatoms. The third-order valence-electron chi connectivity index (χ3n) is 6.07. The van der Waals surface area contributed by atoms with E-state index in [1.165, 1.54) is 17.3 Å². The van der Waals surface area contributed by atoms with Crippen LogP contribution in [0.15, 0.2) is 42.9 Å². The average Bonchev–Trinajstić information content (AvgIpc) is 3.55. The van der Waals surface area contributed by atoms with Gasteiger partial charge in [-0.15, -0.1) is 10.2 Å². The largest absolute Gasteiger partial charge is 0.417 e. The number of anilines is 1. The van der Waals surface area contributed by atoms with Crippen molar-refractivity contribution in [2.75, 3.05) is 12.3 Å². The molecule has 1 aliphatic carbocycles. The SMILES string of the molecule is N#CC(CN(Cc1ccc(C(F)(F)F)cn1)C(=O)c1ccc2nc(N)c3nncn3c2c1)C1CC1. The fraction of sp³-hybridized carbons (Fsp3) is 0.304. The molecule has 0 spiro atoms. The number of halogens is 3. The van der Waals surface area contributed by atoms with Crippen LogP contribution in [0.4, 0.5) is 19.0 Å². The van der Waals surface area contributed by atoms with Crippen LogP contribution in [0.3, 0.4) is 0 Å². The summed E-state index contributed by atoms with van der Waals surface area (Å²) in [5.74, 6) is -0.353. The lowest BCUT2D eigenvalue weighted by molar-refractivity contribution is -0.137. The normalized spacial score (nSPS) is 14.7. The number of carbonyl (C=O) groups excluding carboxylic acids is 1. The van der Waals surface area contributed by atoms with Crippen LogP contribution >= 0.6 is 0 Å². The summed E-state index contributed by atoms with van der Waals surface area (Å²) in [5, 5.41) is 17.4. The molecular formula is C23H19F3N8O. The maximum Gasteiger partial charge on any atom is 0.417 e. The average molecular weight is 480 g/mol. The number of nitrogen functional groups attached to an aromatic ring is 1. The van der Waals surface area contributed by atoms with Crippen LogP contribution in [0.1, 0.15) is 34.5 Å². The molecule has 1 amide bonds. The third kappa shape index (κ3) is 4.44. The number of amides is 1. The fourth-order valence-electron chi connectivity index (χ4n) is 4.02. The van der Waals surface area contributed by atoms with E-state index >= 15 is 0 Å². The highest BCUT2D eigenvalue weighted by Gasteiger charge is 2.34. The lowest BCUT2D eigenvalue weighted by Crippen LogP contribution is -2.35. The molecule has 0 saturated heterocycles. The van der Waals surface area contributed by atoms with Gasteiger partial charge in [-0.3, -0.25) is 14.2 Å². The first-order valence-corrected chi connectivity index (χ1v) is 10.8. The third-order valence-corrected chi connectivity index (χ3v) is 6.07. The Hall–Kier alpha value is -4.27. The number of benzene rings is 1. The van der Waals surface area contributed by atoms with Gasteiger partial charge >= 0.3 is 6.18 Å². The van der Waals surface area contributed by atoms with Gasteiger partial charge in [0.05, 0.1) is 40.8 Å². The Bertz CT molecular complexity index is 1450. The second kappa shape index (κ2) is 8.50. The summed E-state index contributed by atoms with van der Waals surface area (Å²) >= 11 is 0. The van der Waals surface area contributed by atoms with E-state index in [1.54, 1.807) is 22.6 Å². The zero-order valence-electron chi connectivity index (χ0n) is 18.3. The van der Waals surface area contributed by atoms with Crippen molar-refractivity contribution in [3.05, 3.63) is 59.7 Å². The summed E-state index contributed by atoms with van der Waals surface area (Å²) in [4.78, 5) is 23.2. The number of pyridine rings is 1. The molecule has 1 atom stereocenters. The van der Waals surface area contributed by atoms with Gasteiger partial charge in [-0.1, -0.05) is 0 Å². The Kier molecular flexibility index (Phi) is 5.47. The van der Waals surface area contributed by atoms with Crippen molar-refractivity contribution < 1.29 is 18.0 Å². The molecule has 35 heavy (non-hydrogen) atoms. The van der Waals surface area contributed by atoms with Gasteiger partial charge < -0.3 is 10.6 Å². The number of nitrogens with zero attached hydrogens (tertiary/aromatic N) is 7. The van der Waals surface area contributed by atoms with Gasteiger partial charge in [-0.25, -0.2) is 4.98 Å². The van der Waals surface area contributed by atoms with Gasteiger partial charge in [0.2, 0.25) is 5.65 Å². The number of alkyl halides is 3. The Labute approximate surface area is 197 Å². The predicted molar refractivity (Wildman–Crippen MR) is 119 cm³/mol. The van der Waals surface area contributed by atoms with Crippen LogP contribution in [0.25, 0.3) is 16.7 Å². The molecular weight excluding hydrogens is 461 g/mol. The number of hydrogen-bond donors (Lipinski definition) is 1. The highest BCUT2D eigenvalue weighted by molar-refractivity contribution is 5.98. The van der Waals surface area contributed by atoms with E-state index in [1.807, 2.05) is 0 Å². The number of nitrogens with two attached hydrogens (primary N) is 1. The van der Waals surface area contributed by atoms with Crippen LogP contribution in [0.2, 0.25) is 0 Å². The van der Waals surface area contributed by atoms with Gasteiger partial charge in [0.25, 0.3) is 5.91 Å². The van der Waals surface area contributed by atoms with E-state index in [2.05, 4.69) is 26.2 Å². The van der Waals surface area contributed by atoms with Crippen LogP contribution in [0.5, 0.6) is 0 Å². The van der Waals surface area contributed by atoms with Crippen molar-refractivity contribution in [3.63, 3.8) is 0 Å². The smallest absolute Gasteiger partial charge is 0.381 e. The summed E-state index contributed by atoms with van der Waals surface area (Å²) in [6, 6.07) is 9.32. The summed E-state index contributed by atoms with van der Waals surface area (Å²) in [6.45, 7) is 0.102. The molecule has 1 aliphatic rings. The number of aromatic nitrogens is 5. The predicted octanol–water partition coefficient (Wildman–Crippen LogP) is 3.47. The lowest BCUT2D eigenvalue weighted by Gasteiger charge is -2.25. The molecule has 1 saturated carbocycles. The molecule has 0 aliphatic heterocycles. The van der Waals surface area contributed by atoms with Crippen molar-refractivity contribution in [1.29, 1.82) is 5.26 Å². The summed E-state index contributed by atoms with van der Waals surface area (Å²) in [7, 11) is 0. The molecule has 9 nitrogen and oxygen atoms in total. The van der Waals surface area contributed by atoms with Crippen molar-refractivity contribution in [2.24, 2.45) is 11.8 Å². The zero-order valence-corrected chi connectivity index (χ0v) is 18.3. The monoisotopic (exact) mass is 480 g/mol. The molecule has 0 radical (unpaired) electrons. The Morgan fingerprint density at radius 3 is 2.74 bits per heavy atom. The minimum Gasteiger partial charge on any atom is -0.381 e. The Morgan fingerprint density at radius 2 is 2.09 bits per heavy atom. The van der Waals surface area contributed by atoms with E-state index in [0.29, 0.717) is 22.2 Å². The fourth-order valence-corrected chi connectivity index (χ4v) is 4.02. The van der Waals surface area contributed by atoms with Crippen LogP contribution in [-0.2, 0) is 12.7 Å².